The molecule has 1 saturated heterocycles. The first kappa shape index (κ1) is 13.6. The largest absolute Gasteiger partial charge is 0.394 e. The van der Waals surface area contributed by atoms with Gasteiger partial charge >= 0.3 is 0 Å². The van der Waals surface area contributed by atoms with Crippen LogP contribution in [0.3, 0.4) is 0 Å². The van der Waals surface area contributed by atoms with E-state index in [1.807, 2.05) is 23.9 Å². The van der Waals surface area contributed by atoms with Crippen molar-refractivity contribution in [2.24, 2.45) is 0 Å². The second-order valence-corrected chi connectivity index (χ2v) is 5.06. The fourth-order valence-electron chi connectivity index (χ4n) is 2.12. The third kappa shape index (κ3) is 2.60. The van der Waals surface area contributed by atoms with Gasteiger partial charge in [0, 0.05) is 11.8 Å². The summed E-state index contributed by atoms with van der Waals surface area (Å²) >= 11 is 1.43. The highest BCUT2D eigenvalue weighted by atomic mass is 32.2. The lowest BCUT2D eigenvalue weighted by Gasteiger charge is -2.19. The first-order valence-electron chi connectivity index (χ1n) is 6.12. The van der Waals surface area contributed by atoms with Crippen molar-refractivity contribution in [2.75, 3.05) is 12.9 Å². The number of ether oxygens (including phenoxy) is 1. The Kier molecular flexibility index (Phi) is 4.42. The Balaban J connectivity index is 2.34. The van der Waals surface area contributed by atoms with Crippen molar-refractivity contribution in [2.45, 2.75) is 43.7 Å². The van der Waals surface area contributed by atoms with Gasteiger partial charge in [0.2, 0.25) is 0 Å². The average molecular weight is 270 g/mol. The monoisotopic (exact) mass is 270 g/mol. The van der Waals surface area contributed by atoms with Crippen LogP contribution in [0.1, 0.15) is 31.6 Å². The van der Waals surface area contributed by atoms with Gasteiger partial charge in [0.25, 0.3) is 5.56 Å². The zero-order valence-corrected chi connectivity index (χ0v) is 11.4. The standard InChI is InChI=1S/C12H18N2O3S/c1-3-8-6-14(12(18-2)13-11(8)16)10-5-4-9(7-15)17-10/h6,9-10,15H,3-5,7H2,1-2H3. The van der Waals surface area contributed by atoms with Crippen molar-refractivity contribution in [3.8, 4) is 0 Å². The van der Waals surface area contributed by atoms with E-state index < -0.39 is 0 Å². The van der Waals surface area contributed by atoms with E-state index in [4.69, 9.17) is 9.84 Å². The van der Waals surface area contributed by atoms with Gasteiger partial charge < -0.3 is 14.4 Å². The topological polar surface area (TPSA) is 64.3 Å². The molecule has 0 spiro atoms. The molecule has 2 rings (SSSR count). The normalized spacial score (nSPS) is 23.5. The van der Waals surface area contributed by atoms with Gasteiger partial charge in [-0.25, -0.2) is 0 Å². The lowest BCUT2D eigenvalue weighted by Crippen LogP contribution is -2.22. The van der Waals surface area contributed by atoms with Gasteiger partial charge in [-0.15, -0.1) is 0 Å². The van der Waals surface area contributed by atoms with Gasteiger partial charge in [-0.05, 0) is 25.5 Å². The minimum absolute atomic E-state index is 0.0410. The van der Waals surface area contributed by atoms with Crippen LogP contribution in [0.25, 0.3) is 0 Å². The molecule has 1 aromatic rings. The SMILES string of the molecule is CCc1cn(C2CCC(CO)O2)c(SC)nc1=O. The number of thioether (sulfide) groups is 1. The van der Waals surface area contributed by atoms with Crippen LogP contribution in [0.2, 0.25) is 0 Å². The maximum absolute atomic E-state index is 11.7. The maximum atomic E-state index is 11.7. The number of aromatic nitrogens is 2. The molecule has 0 aromatic carbocycles. The molecule has 1 N–H and O–H groups in total. The van der Waals surface area contributed by atoms with Crippen LogP contribution >= 0.6 is 11.8 Å². The first-order valence-corrected chi connectivity index (χ1v) is 7.34. The number of aryl methyl sites for hydroxylation is 1. The van der Waals surface area contributed by atoms with E-state index >= 15 is 0 Å². The Morgan fingerprint density at radius 1 is 1.61 bits per heavy atom. The highest BCUT2D eigenvalue weighted by molar-refractivity contribution is 7.98. The number of aliphatic hydroxyl groups excluding tert-OH is 1. The van der Waals surface area contributed by atoms with Crippen LogP contribution in [0.15, 0.2) is 16.1 Å². The van der Waals surface area contributed by atoms with Crippen LogP contribution in [-0.2, 0) is 11.2 Å². The Morgan fingerprint density at radius 2 is 2.39 bits per heavy atom. The Labute approximate surface area is 110 Å². The Bertz CT molecular complexity index is 475. The van der Waals surface area contributed by atoms with E-state index in [0.717, 1.165) is 12.8 Å². The van der Waals surface area contributed by atoms with E-state index in [-0.39, 0.29) is 24.5 Å². The van der Waals surface area contributed by atoms with Gasteiger partial charge in [0.1, 0.15) is 6.23 Å². The number of hydrogen-bond acceptors (Lipinski definition) is 5. The van der Waals surface area contributed by atoms with Gasteiger partial charge in [0.05, 0.1) is 12.7 Å². The van der Waals surface area contributed by atoms with Crippen LogP contribution in [0.4, 0.5) is 0 Å². The van der Waals surface area contributed by atoms with Crippen LogP contribution in [0, 0.1) is 0 Å². The van der Waals surface area contributed by atoms with Crippen LogP contribution < -0.4 is 5.56 Å². The zero-order chi connectivity index (χ0) is 13.1. The summed E-state index contributed by atoms with van der Waals surface area (Å²) in [4.78, 5) is 15.8. The molecular formula is C12H18N2O3S. The molecule has 1 aliphatic rings. The molecule has 1 aliphatic heterocycles. The number of aliphatic hydroxyl groups is 1. The summed E-state index contributed by atoms with van der Waals surface area (Å²) in [6, 6.07) is 0. The maximum Gasteiger partial charge on any atom is 0.276 e. The summed E-state index contributed by atoms with van der Waals surface area (Å²) in [6.45, 7) is 1.98. The highest BCUT2D eigenvalue weighted by Gasteiger charge is 2.27. The van der Waals surface area contributed by atoms with Crippen LogP contribution in [0.5, 0.6) is 0 Å². The van der Waals surface area contributed by atoms with E-state index in [9.17, 15) is 4.79 Å². The van der Waals surface area contributed by atoms with Gasteiger partial charge in [-0.1, -0.05) is 18.7 Å². The fraction of sp³-hybridized carbons (Fsp3) is 0.667. The average Bonchev–Trinajstić information content (AvgIpc) is 2.87. The van der Waals surface area contributed by atoms with Crippen molar-refractivity contribution >= 4 is 11.8 Å². The predicted octanol–water partition coefficient (Wildman–Crippen LogP) is 1.20. The molecule has 0 saturated carbocycles. The molecule has 1 aromatic heterocycles. The van der Waals surface area contributed by atoms with Crippen molar-refractivity contribution in [3.63, 3.8) is 0 Å². The fourth-order valence-corrected chi connectivity index (χ4v) is 2.68. The van der Waals surface area contributed by atoms with Gasteiger partial charge in [-0.2, -0.15) is 4.98 Å². The molecular weight excluding hydrogens is 252 g/mol. The summed E-state index contributed by atoms with van der Waals surface area (Å²) in [5.74, 6) is 0. The third-order valence-corrected chi connectivity index (χ3v) is 3.82. The summed E-state index contributed by atoms with van der Waals surface area (Å²) in [6.07, 6.45) is 5.84. The molecule has 0 aliphatic carbocycles. The third-order valence-electron chi connectivity index (χ3n) is 3.15. The Hall–Kier alpha value is -0.850. The summed E-state index contributed by atoms with van der Waals surface area (Å²) in [7, 11) is 0. The molecule has 6 heteroatoms. The van der Waals surface area contributed by atoms with Crippen molar-refractivity contribution in [1.82, 2.24) is 9.55 Å². The molecule has 0 bridgehead atoms. The second kappa shape index (κ2) is 5.86. The predicted molar refractivity (Wildman–Crippen MR) is 69.9 cm³/mol. The lowest BCUT2D eigenvalue weighted by atomic mass is 10.2. The van der Waals surface area contributed by atoms with Crippen molar-refractivity contribution in [1.29, 1.82) is 0 Å². The van der Waals surface area contributed by atoms with Crippen molar-refractivity contribution in [3.05, 3.63) is 22.1 Å². The molecule has 0 radical (unpaired) electrons. The molecule has 100 valence electrons. The summed E-state index contributed by atoms with van der Waals surface area (Å²) in [5, 5.41) is 9.76. The molecule has 2 atom stereocenters. The zero-order valence-electron chi connectivity index (χ0n) is 10.6. The number of nitrogens with zero attached hydrogens (tertiary/aromatic N) is 2. The molecule has 2 unspecified atom stereocenters. The molecule has 1 fully saturated rings. The molecule has 18 heavy (non-hydrogen) atoms. The van der Waals surface area contributed by atoms with E-state index in [1.54, 1.807) is 0 Å². The quantitative estimate of drug-likeness (QED) is 0.658. The molecule has 2 heterocycles. The molecule has 0 amide bonds. The highest BCUT2D eigenvalue weighted by Crippen LogP contribution is 2.30. The summed E-state index contributed by atoms with van der Waals surface area (Å²) in [5.41, 5.74) is 0.540. The van der Waals surface area contributed by atoms with Crippen molar-refractivity contribution < 1.29 is 9.84 Å². The second-order valence-electron chi connectivity index (χ2n) is 4.29. The van der Waals surface area contributed by atoms with E-state index in [2.05, 4.69) is 4.98 Å². The first-order chi connectivity index (χ1) is 8.69. The molecule has 5 nitrogen and oxygen atoms in total. The van der Waals surface area contributed by atoms with Gasteiger partial charge in [-0.3, -0.25) is 4.79 Å². The minimum atomic E-state index is -0.158. The van der Waals surface area contributed by atoms with Gasteiger partial charge in [0.15, 0.2) is 5.16 Å². The number of rotatable bonds is 4. The Morgan fingerprint density at radius 3 is 2.94 bits per heavy atom. The number of hydrogen-bond donors (Lipinski definition) is 1. The smallest absolute Gasteiger partial charge is 0.276 e. The van der Waals surface area contributed by atoms with E-state index in [0.29, 0.717) is 17.1 Å². The minimum Gasteiger partial charge on any atom is -0.394 e. The lowest BCUT2D eigenvalue weighted by molar-refractivity contribution is -0.0274. The van der Waals surface area contributed by atoms with Crippen LogP contribution in [-0.4, -0.2) is 33.6 Å². The van der Waals surface area contributed by atoms with E-state index in [1.165, 1.54) is 11.8 Å². The summed E-state index contributed by atoms with van der Waals surface area (Å²) < 4.78 is 7.65.